The zero-order valence-electron chi connectivity index (χ0n) is 27.2. The van der Waals surface area contributed by atoms with Gasteiger partial charge in [0.2, 0.25) is 5.75 Å². The molecule has 0 bridgehead atoms. The molecule has 1 aliphatic heterocycles. The SMILES string of the molecule is CC(=O)Oc1ccc2c(c1)OC[C@@H](OC(=O)c1cc(OC(C)=O)cc(OC(C)=O)c1-c1cc(OC(C)=O)c(OC(C)=O)c(OC(C)=O)c1)C2. The van der Waals surface area contributed by atoms with Crippen LogP contribution < -0.4 is 33.2 Å². The van der Waals surface area contributed by atoms with Crippen LogP contribution in [0.5, 0.6) is 40.2 Å². The Hall–Kier alpha value is -6.25. The summed E-state index contributed by atoms with van der Waals surface area (Å²) in [7, 11) is 0. The molecule has 15 nitrogen and oxygen atoms in total. The number of hydrogen-bond donors (Lipinski definition) is 0. The summed E-state index contributed by atoms with van der Waals surface area (Å²) in [5.74, 6) is -6.63. The van der Waals surface area contributed by atoms with Crippen molar-refractivity contribution in [2.45, 2.75) is 54.1 Å². The number of esters is 7. The van der Waals surface area contributed by atoms with Crippen LogP contribution in [0.25, 0.3) is 11.1 Å². The van der Waals surface area contributed by atoms with E-state index in [1.807, 2.05) is 0 Å². The molecule has 0 radical (unpaired) electrons. The molecule has 0 aliphatic carbocycles. The average Bonchev–Trinajstić information content (AvgIpc) is 2.97. The normalized spacial score (nSPS) is 13.1. The van der Waals surface area contributed by atoms with E-state index in [4.69, 9.17) is 37.9 Å². The third-order valence-electron chi connectivity index (χ3n) is 6.32. The van der Waals surface area contributed by atoms with Crippen molar-refractivity contribution in [2.24, 2.45) is 0 Å². The first-order valence-electron chi connectivity index (χ1n) is 14.5. The number of benzene rings is 3. The Bertz CT molecular complexity index is 1840. The molecular weight excluding hydrogens is 648 g/mol. The van der Waals surface area contributed by atoms with Crippen molar-refractivity contribution < 1.29 is 71.5 Å². The Kier molecular flexibility index (Phi) is 11.0. The molecule has 15 heteroatoms. The second-order valence-electron chi connectivity index (χ2n) is 10.5. The third kappa shape index (κ3) is 9.41. The van der Waals surface area contributed by atoms with Gasteiger partial charge in [0.05, 0.1) is 5.56 Å². The fourth-order valence-corrected chi connectivity index (χ4v) is 4.78. The molecule has 0 unspecified atom stereocenters. The minimum atomic E-state index is -0.988. The molecule has 0 N–H and O–H groups in total. The van der Waals surface area contributed by atoms with Crippen molar-refractivity contribution in [1.29, 1.82) is 0 Å². The number of carbonyl (C=O) groups excluding carboxylic acids is 7. The molecule has 0 saturated heterocycles. The van der Waals surface area contributed by atoms with Crippen LogP contribution >= 0.6 is 0 Å². The van der Waals surface area contributed by atoms with E-state index in [1.54, 1.807) is 12.1 Å². The lowest BCUT2D eigenvalue weighted by Gasteiger charge is -2.26. The first kappa shape index (κ1) is 35.6. The quantitative estimate of drug-likeness (QED) is 0.232. The Balaban J connectivity index is 1.87. The van der Waals surface area contributed by atoms with Gasteiger partial charge in [0.25, 0.3) is 0 Å². The van der Waals surface area contributed by atoms with Crippen molar-refractivity contribution in [3.05, 3.63) is 53.6 Å². The first-order chi connectivity index (χ1) is 23.1. The highest BCUT2D eigenvalue weighted by Crippen LogP contribution is 2.46. The van der Waals surface area contributed by atoms with Crippen LogP contribution in [0.2, 0.25) is 0 Å². The van der Waals surface area contributed by atoms with Crippen molar-refractivity contribution in [3.8, 4) is 51.4 Å². The number of ether oxygens (including phenoxy) is 8. The van der Waals surface area contributed by atoms with Crippen LogP contribution in [-0.2, 0) is 39.9 Å². The smallest absolute Gasteiger partial charge is 0.339 e. The maximum absolute atomic E-state index is 14.0. The highest BCUT2D eigenvalue weighted by Gasteiger charge is 2.30. The highest BCUT2D eigenvalue weighted by atomic mass is 16.6. The summed E-state index contributed by atoms with van der Waals surface area (Å²) in [4.78, 5) is 85.4. The van der Waals surface area contributed by atoms with Gasteiger partial charge in [-0.2, -0.15) is 0 Å². The minimum absolute atomic E-state index is 0.0378. The monoisotopic (exact) mass is 678 g/mol. The van der Waals surface area contributed by atoms with E-state index in [0.717, 1.165) is 46.8 Å². The van der Waals surface area contributed by atoms with Gasteiger partial charge in [-0.25, -0.2) is 4.79 Å². The van der Waals surface area contributed by atoms with Crippen molar-refractivity contribution in [2.75, 3.05) is 6.61 Å². The summed E-state index contributed by atoms with van der Waals surface area (Å²) >= 11 is 0. The van der Waals surface area contributed by atoms with Crippen LogP contribution in [0.3, 0.4) is 0 Å². The standard InChI is InChI=1S/C34H30O15/c1-16(35)43-24-8-7-22-9-26(15-42-28(22)13-24)49-34(41)27-12-25(44-17(2)36)14-29(45-18(3)37)32(27)23-10-30(46-19(4)38)33(48-21(6)40)31(11-23)47-20(5)39/h7-8,10-14,26H,9,15H2,1-6H3/t26-/m0/s1. The molecule has 1 aliphatic rings. The number of fused-ring (bicyclic) bond motifs is 1. The van der Waals surface area contributed by atoms with E-state index < -0.39 is 53.6 Å². The number of rotatable bonds is 9. The van der Waals surface area contributed by atoms with Gasteiger partial charge in [0, 0.05) is 65.7 Å². The number of carbonyl (C=O) groups is 7. The summed E-state index contributed by atoms with van der Waals surface area (Å²) in [6.07, 6.45) is -0.650. The van der Waals surface area contributed by atoms with Gasteiger partial charge in [-0.15, -0.1) is 0 Å². The lowest BCUT2D eigenvalue weighted by Crippen LogP contribution is -2.31. The summed E-state index contributed by atoms with van der Waals surface area (Å²) in [5.41, 5.74) is 0.168. The van der Waals surface area contributed by atoms with Crippen LogP contribution in [0.4, 0.5) is 0 Å². The lowest BCUT2D eigenvalue weighted by atomic mass is 9.96. The summed E-state index contributed by atoms with van der Waals surface area (Å²) in [5, 5.41) is 0. The van der Waals surface area contributed by atoms with Crippen LogP contribution in [-0.4, -0.2) is 54.5 Å². The van der Waals surface area contributed by atoms with E-state index in [2.05, 4.69) is 0 Å². The molecule has 49 heavy (non-hydrogen) atoms. The van der Waals surface area contributed by atoms with E-state index in [0.29, 0.717) is 11.3 Å². The fourth-order valence-electron chi connectivity index (χ4n) is 4.78. The molecule has 1 atom stereocenters. The Morgan fingerprint density at radius 1 is 0.592 bits per heavy atom. The topological polar surface area (TPSA) is 193 Å². The molecule has 1 heterocycles. The van der Waals surface area contributed by atoms with Gasteiger partial charge in [0.1, 0.15) is 35.7 Å². The molecule has 3 aromatic carbocycles. The maximum Gasteiger partial charge on any atom is 0.339 e. The van der Waals surface area contributed by atoms with Gasteiger partial charge in [-0.3, -0.25) is 28.8 Å². The summed E-state index contributed by atoms with van der Waals surface area (Å²) < 4.78 is 43.0. The molecule has 4 rings (SSSR count). The molecule has 0 fully saturated rings. The Morgan fingerprint density at radius 2 is 1.12 bits per heavy atom. The van der Waals surface area contributed by atoms with E-state index in [9.17, 15) is 33.6 Å². The zero-order valence-corrected chi connectivity index (χ0v) is 27.2. The molecule has 3 aromatic rings. The summed E-state index contributed by atoms with van der Waals surface area (Å²) in [6, 6.07) is 9.41. The van der Waals surface area contributed by atoms with E-state index in [1.165, 1.54) is 25.1 Å². The molecule has 0 amide bonds. The zero-order chi connectivity index (χ0) is 36.0. The van der Waals surface area contributed by atoms with Gasteiger partial charge >= 0.3 is 41.8 Å². The van der Waals surface area contributed by atoms with Gasteiger partial charge < -0.3 is 37.9 Å². The number of hydrogen-bond acceptors (Lipinski definition) is 15. The fraction of sp³-hybridized carbons (Fsp3) is 0.265. The first-order valence-corrected chi connectivity index (χ1v) is 14.5. The van der Waals surface area contributed by atoms with Crippen molar-refractivity contribution in [1.82, 2.24) is 0 Å². The second kappa shape index (κ2) is 15.1. The second-order valence-corrected chi connectivity index (χ2v) is 10.5. The minimum Gasteiger partial charge on any atom is -0.489 e. The van der Waals surface area contributed by atoms with Gasteiger partial charge in [-0.05, 0) is 35.4 Å². The largest absolute Gasteiger partial charge is 0.489 e. The van der Waals surface area contributed by atoms with Crippen LogP contribution in [0.15, 0.2) is 42.5 Å². The molecular formula is C34H30O15. The molecule has 256 valence electrons. The highest BCUT2D eigenvalue weighted by molar-refractivity contribution is 6.01. The van der Waals surface area contributed by atoms with Crippen LogP contribution in [0, 0.1) is 0 Å². The Morgan fingerprint density at radius 3 is 1.67 bits per heavy atom. The predicted molar refractivity (Wildman–Crippen MR) is 165 cm³/mol. The molecule has 0 saturated carbocycles. The predicted octanol–water partition coefficient (Wildman–Crippen LogP) is 4.07. The lowest BCUT2D eigenvalue weighted by molar-refractivity contribution is -0.135. The molecule has 0 spiro atoms. The van der Waals surface area contributed by atoms with E-state index in [-0.39, 0.29) is 58.5 Å². The average molecular weight is 679 g/mol. The molecule has 0 aromatic heterocycles. The maximum atomic E-state index is 14.0. The Labute approximate surface area is 278 Å². The van der Waals surface area contributed by atoms with Crippen molar-refractivity contribution >= 4 is 41.8 Å². The van der Waals surface area contributed by atoms with Gasteiger partial charge in [0.15, 0.2) is 11.5 Å². The van der Waals surface area contributed by atoms with Crippen molar-refractivity contribution in [3.63, 3.8) is 0 Å². The van der Waals surface area contributed by atoms with Crippen LogP contribution in [0.1, 0.15) is 57.5 Å². The van der Waals surface area contributed by atoms with Gasteiger partial charge in [-0.1, -0.05) is 6.07 Å². The van der Waals surface area contributed by atoms with E-state index >= 15 is 0 Å². The third-order valence-corrected chi connectivity index (χ3v) is 6.32. The summed E-state index contributed by atoms with van der Waals surface area (Å²) in [6.45, 7) is 6.57.